The molecule has 0 amide bonds. The molecule has 0 atom stereocenters. The number of hydrogen-bond donors (Lipinski definition) is 1. The number of hydrogen-bond acceptors (Lipinski definition) is 3. The summed E-state index contributed by atoms with van der Waals surface area (Å²) in [6.45, 7) is 0. The van der Waals surface area contributed by atoms with Crippen LogP contribution in [0, 0.1) is 5.82 Å². The molecular formula is C11H9ClFN3. The van der Waals surface area contributed by atoms with E-state index in [-0.39, 0.29) is 11.1 Å². The maximum absolute atomic E-state index is 13.7. The number of benzene rings is 1. The summed E-state index contributed by atoms with van der Waals surface area (Å²) >= 11 is 5.80. The van der Waals surface area contributed by atoms with E-state index in [1.165, 1.54) is 6.07 Å². The second kappa shape index (κ2) is 3.56. The van der Waals surface area contributed by atoms with Gasteiger partial charge in [-0.05, 0) is 36.6 Å². The molecule has 0 radical (unpaired) electrons. The topological polar surface area (TPSA) is 37.8 Å². The van der Waals surface area contributed by atoms with Crippen LogP contribution in [0.25, 0.3) is 10.9 Å². The molecule has 1 fully saturated rings. The van der Waals surface area contributed by atoms with Crippen molar-refractivity contribution in [3.63, 3.8) is 0 Å². The first kappa shape index (κ1) is 9.78. The SMILES string of the molecule is Fc1cccc2nc(Cl)nc(NC3CC3)c12. The Labute approximate surface area is 96.7 Å². The summed E-state index contributed by atoms with van der Waals surface area (Å²) in [7, 11) is 0. The largest absolute Gasteiger partial charge is 0.367 e. The predicted molar refractivity (Wildman–Crippen MR) is 61.2 cm³/mol. The van der Waals surface area contributed by atoms with E-state index in [0.29, 0.717) is 22.8 Å². The summed E-state index contributed by atoms with van der Waals surface area (Å²) in [5, 5.41) is 3.72. The van der Waals surface area contributed by atoms with Gasteiger partial charge in [-0.15, -0.1) is 0 Å². The summed E-state index contributed by atoms with van der Waals surface area (Å²) < 4.78 is 13.7. The third kappa shape index (κ3) is 1.69. The molecule has 1 aromatic heterocycles. The summed E-state index contributed by atoms with van der Waals surface area (Å²) in [5.74, 6) is 0.174. The summed E-state index contributed by atoms with van der Waals surface area (Å²) in [6, 6.07) is 5.14. The fourth-order valence-electron chi connectivity index (χ4n) is 1.64. The van der Waals surface area contributed by atoms with Crippen LogP contribution in [0.4, 0.5) is 10.2 Å². The van der Waals surface area contributed by atoms with Crippen molar-refractivity contribution in [2.45, 2.75) is 18.9 Å². The lowest BCUT2D eigenvalue weighted by molar-refractivity contribution is 0.639. The van der Waals surface area contributed by atoms with Crippen molar-refractivity contribution in [1.29, 1.82) is 0 Å². The minimum atomic E-state index is -0.322. The van der Waals surface area contributed by atoms with E-state index in [2.05, 4.69) is 15.3 Å². The summed E-state index contributed by atoms with van der Waals surface area (Å²) in [4.78, 5) is 8.04. The Bertz CT molecular complexity index is 554. The molecule has 1 aliphatic carbocycles. The molecule has 82 valence electrons. The minimum Gasteiger partial charge on any atom is -0.367 e. The van der Waals surface area contributed by atoms with Gasteiger partial charge in [0.15, 0.2) is 0 Å². The molecule has 0 unspecified atom stereocenters. The van der Waals surface area contributed by atoms with Crippen molar-refractivity contribution in [3.05, 3.63) is 29.3 Å². The Kier molecular flexibility index (Phi) is 2.17. The van der Waals surface area contributed by atoms with E-state index in [1.54, 1.807) is 12.1 Å². The maximum atomic E-state index is 13.7. The highest BCUT2D eigenvalue weighted by Crippen LogP contribution is 2.30. The molecule has 2 aromatic rings. The first-order valence-corrected chi connectivity index (χ1v) is 5.50. The van der Waals surface area contributed by atoms with Crippen molar-refractivity contribution in [3.8, 4) is 0 Å². The van der Waals surface area contributed by atoms with Crippen molar-refractivity contribution in [2.75, 3.05) is 5.32 Å². The molecule has 16 heavy (non-hydrogen) atoms. The number of nitrogens with one attached hydrogen (secondary N) is 1. The van der Waals surface area contributed by atoms with Crippen LogP contribution in [0.5, 0.6) is 0 Å². The highest BCUT2D eigenvalue weighted by atomic mass is 35.5. The normalized spacial score (nSPS) is 15.4. The molecule has 0 saturated heterocycles. The first-order valence-electron chi connectivity index (χ1n) is 5.12. The lowest BCUT2D eigenvalue weighted by Gasteiger charge is -2.08. The number of anilines is 1. The van der Waals surface area contributed by atoms with Crippen LogP contribution in [-0.2, 0) is 0 Å². The van der Waals surface area contributed by atoms with E-state index < -0.39 is 0 Å². The van der Waals surface area contributed by atoms with Crippen molar-refractivity contribution in [1.82, 2.24) is 9.97 Å². The monoisotopic (exact) mass is 237 g/mol. The lowest BCUT2D eigenvalue weighted by atomic mass is 10.2. The Morgan fingerprint density at radius 1 is 1.31 bits per heavy atom. The molecule has 1 aromatic carbocycles. The van der Waals surface area contributed by atoms with E-state index in [9.17, 15) is 4.39 Å². The molecule has 3 nitrogen and oxygen atoms in total. The van der Waals surface area contributed by atoms with Crippen LogP contribution in [0.3, 0.4) is 0 Å². The van der Waals surface area contributed by atoms with Gasteiger partial charge in [0.2, 0.25) is 5.28 Å². The molecule has 1 heterocycles. The molecule has 0 spiro atoms. The van der Waals surface area contributed by atoms with Crippen molar-refractivity contribution >= 4 is 28.3 Å². The molecule has 3 rings (SSSR count). The van der Waals surface area contributed by atoms with Crippen LogP contribution >= 0.6 is 11.6 Å². The van der Waals surface area contributed by atoms with Gasteiger partial charge in [0.25, 0.3) is 0 Å². The van der Waals surface area contributed by atoms with Crippen LogP contribution in [0.1, 0.15) is 12.8 Å². The molecule has 0 aliphatic heterocycles. The molecule has 1 aliphatic rings. The van der Waals surface area contributed by atoms with Crippen LogP contribution < -0.4 is 5.32 Å². The van der Waals surface area contributed by atoms with Crippen molar-refractivity contribution in [2.24, 2.45) is 0 Å². The van der Waals surface area contributed by atoms with Crippen LogP contribution in [-0.4, -0.2) is 16.0 Å². The van der Waals surface area contributed by atoms with Crippen LogP contribution in [0.2, 0.25) is 5.28 Å². The Morgan fingerprint density at radius 3 is 2.88 bits per heavy atom. The lowest BCUT2D eigenvalue weighted by Crippen LogP contribution is -2.05. The smallest absolute Gasteiger partial charge is 0.224 e. The van der Waals surface area contributed by atoms with Crippen LogP contribution in [0.15, 0.2) is 18.2 Å². The number of aromatic nitrogens is 2. The molecule has 0 bridgehead atoms. The quantitative estimate of drug-likeness (QED) is 0.816. The fourth-order valence-corrected chi connectivity index (χ4v) is 1.81. The van der Waals surface area contributed by atoms with Gasteiger partial charge in [0, 0.05) is 6.04 Å². The van der Waals surface area contributed by atoms with Gasteiger partial charge < -0.3 is 5.32 Å². The van der Waals surface area contributed by atoms with Gasteiger partial charge in [0.1, 0.15) is 11.6 Å². The van der Waals surface area contributed by atoms with Crippen molar-refractivity contribution < 1.29 is 4.39 Å². The average Bonchev–Trinajstić information content (AvgIpc) is 3.01. The summed E-state index contributed by atoms with van der Waals surface area (Å²) in [5.41, 5.74) is 0.531. The third-order valence-electron chi connectivity index (χ3n) is 2.56. The minimum absolute atomic E-state index is 0.140. The van der Waals surface area contributed by atoms with E-state index in [0.717, 1.165) is 12.8 Å². The third-order valence-corrected chi connectivity index (χ3v) is 2.73. The Hall–Kier alpha value is -1.42. The molecule has 1 N–H and O–H groups in total. The predicted octanol–water partition coefficient (Wildman–Crippen LogP) is 3.00. The van der Waals surface area contributed by atoms with Gasteiger partial charge in [-0.2, -0.15) is 0 Å². The van der Waals surface area contributed by atoms with E-state index in [4.69, 9.17) is 11.6 Å². The number of rotatable bonds is 2. The fraction of sp³-hybridized carbons (Fsp3) is 0.273. The van der Waals surface area contributed by atoms with Gasteiger partial charge in [-0.25, -0.2) is 14.4 Å². The van der Waals surface area contributed by atoms with Gasteiger partial charge >= 0.3 is 0 Å². The number of fused-ring (bicyclic) bond motifs is 1. The first-order chi connectivity index (χ1) is 7.74. The van der Waals surface area contributed by atoms with Gasteiger partial charge in [-0.3, -0.25) is 0 Å². The summed E-state index contributed by atoms with van der Waals surface area (Å²) in [6.07, 6.45) is 2.19. The second-order valence-corrected chi connectivity index (χ2v) is 4.23. The Morgan fingerprint density at radius 2 is 2.12 bits per heavy atom. The number of nitrogens with zero attached hydrogens (tertiary/aromatic N) is 2. The second-order valence-electron chi connectivity index (χ2n) is 3.89. The van der Waals surface area contributed by atoms with Gasteiger partial charge in [-0.1, -0.05) is 6.07 Å². The highest BCUT2D eigenvalue weighted by Gasteiger charge is 2.23. The highest BCUT2D eigenvalue weighted by molar-refractivity contribution is 6.28. The zero-order valence-corrected chi connectivity index (χ0v) is 9.13. The molecule has 5 heteroatoms. The number of halogens is 2. The molecule has 1 saturated carbocycles. The molecular weight excluding hydrogens is 229 g/mol. The average molecular weight is 238 g/mol. The van der Waals surface area contributed by atoms with E-state index in [1.807, 2.05) is 0 Å². The van der Waals surface area contributed by atoms with E-state index >= 15 is 0 Å². The zero-order chi connectivity index (χ0) is 11.1. The van der Waals surface area contributed by atoms with Gasteiger partial charge in [0.05, 0.1) is 10.9 Å². The zero-order valence-electron chi connectivity index (χ0n) is 8.37. The Balaban J connectivity index is 2.22. The standard InChI is InChI=1S/C11H9ClFN3/c12-11-15-8-3-1-2-7(13)9(8)10(16-11)14-6-4-5-6/h1-3,6H,4-5H2,(H,14,15,16). The maximum Gasteiger partial charge on any atom is 0.224 e.